The van der Waals surface area contributed by atoms with Crippen LogP contribution in [-0.2, 0) is 15.0 Å². The van der Waals surface area contributed by atoms with Crippen LogP contribution in [0.25, 0.3) is 0 Å². The summed E-state index contributed by atoms with van der Waals surface area (Å²) < 4.78 is 0. The van der Waals surface area contributed by atoms with Crippen LogP contribution in [0.2, 0.25) is 0 Å². The first-order valence-corrected chi connectivity index (χ1v) is 5.65. The topological polar surface area (TPSA) is 66.4 Å². The highest BCUT2D eigenvalue weighted by Gasteiger charge is 2.51. The Morgan fingerprint density at radius 3 is 2.41 bits per heavy atom. The van der Waals surface area contributed by atoms with E-state index in [-0.39, 0.29) is 23.5 Å². The lowest BCUT2D eigenvalue weighted by atomic mass is 9.72. The van der Waals surface area contributed by atoms with Crippen molar-refractivity contribution >= 4 is 11.8 Å². The predicted octanol–water partition coefficient (Wildman–Crippen LogP) is 1.33. The number of rotatable bonds is 2. The average Bonchev–Trinajstić information content (AvgIpc) is 2.51. The number of carbonyl (C=O) groups excluding carboxylic acids is 2. The predicted molar refractivity (Wildman–Crippen MR) is 62.4 cm³/mol. The molecule has 1 aliphatic rings. The first-order chi connectivity index (χ1) is 8.00. The Balaban J connectivity index is 2.50. The summed E-state index contributed by atoms with van der Waals surface area (Å²) >= 11 is 0. The maximum Gasteiger partial charge on any atom is 0.237 e. The van der Waals surface area contributed by atoms with Crippen LogP contribution in [0, 0.1) is 5.92 Å². The van der Waals surface area contributed by atoms with Gasteiger partial charge in [0.25, 0.3) is 0 Å². The number of hydrogen-bond acceptors (Lipinski definition) is 3. The zero-order valence-electron chi connectivity index (χ0n) is 9.86. The molecule has 0 saturated carbocycles. The lowest BCUT2D eigenvalue weighted by Gasteiger charge is -2.26. The smallest absolute Gasteiger partial charge is 0.237 e. The van der Waals surface area contributed by atoms with Crippen LogP contribution in [0.5, 0.6) is 5.75 Å². The summed E-state index contributed by atoms with van der Waals surface area (Å²) in [7, 11) is 0. The Kier molecular flexibility index (Phi) is 2.65. The molecule has 90 valence electrons. The number of nitrogens with one attached hydrogen (secondary N) is 1. The van der Waals surface area contributed by atoms with E-state index in [2.05, 4.69) is 5.32 Å². The SMILES string of the molecule is CC[C@@H]1C(=O)NC(=O)[C@@]1(C)c1ccc(O)cc1. The molecule has 0 aromatic heterocycles. The summed E-state index contributed by atoms with van der Waals surface area (Å²) in [6.45, 7) is 3.66. The third kappa shape index (κ3) is 1.60. The highest BCUT2D eigenvalue weighted by molar-refractivity contribution is 6.10. The summed E-state index contributed by atoms with van der Waals surface area (Å²) in [5.41, 5.74) is -0.0787. The van der Waals surface area contributed by atoms with E-state index in [0.717, 1.165) is 5.56 Å². The molecule has 1 fully saturated rings. The molecule has 1 aromatic rings. The zero-order chi connectivity index (χ0) is 12.6. The Hall–Kier alpha value is -1.84. The van der Waals surface area contributed by atoms with Gasteiger partial charge in [-0.3, -0.25) is 14.9 Å². The largest absolute Gasteiger partial charge is 0.508 e. The number of imide groups is 1. The van der Waals surface area contributed by atoms with E-state index in [1.165, 1.54) is 12.1 Å². The average molecular weight is 233 g/mol. The van der Waals surface area contributed by atoms with Crippen LogP contribution in [0.4, 0.5) is 0 Å². The fourth-order valence-corrected chi connectivity index (χ4v) is 2.48. The van der Waals surface area contributed by atoms with Crippen LogP contribution in [0.1, 0.15) is 25.8 Å². The normalized spacial score (nSPS) is 28.2. The van der Waals surface area contributed by atoms with Gasteiger partial charge in [-0.2, -0.15) is 0 Å². The van der Waals surface area contributed by atoms with Crippen molar-refractivity contribution in [3.05, 3.63) is 29.8 Å². The molecule has 2 amide bonds. The molecule has 1 heterocycles. The number of carbonyl (C=O) groups is 2. The summed E-state index contributed by atoms with van der Waals surface area (Å²) in [6, 6.07) is 6.44. The van der Waals surface area contributed by atoms with Crippen LogP contribution < -0.4 is 5.32 Å². The quantitative estimate of drug-likeness (QED) is 0.757. The van der Waals surface area contributed by atoms with Gasteiger partial charge in [-0.25, -0.2) is 0 Å². The lowest BCUT2D eigenvalue weighted by Crippen LogP contribution is -2.36. The Morgan fingerprint density at radius 1 is 1.29 bits per heavy atom. The van der Waals surface area contributed by atoms with Gasteiger partial charge < -0.3 is 5.11 Å². The van der Waals surface area contributed by atoms with Gasteiger partial charge in [0.1, 0.15) is 5.75 Å². The van der Waals surface area contributed by atoms with Crippen LogP contribution in [0.15, 0.2) is 24.3 Å². The number of phenols is 1. The van der Waals surface area contributed by atoms with Crippen molar-refractivity contribution in [2.24, 2.45) is 5.92 Å². The van der Waals surface area contributed by atoms with Gasteiger partial charge in [0.05, 0.1) is 11.3 Å². The Morgan fingerprint density at radius 2 is 1.88 bits per heavy atom. The molecule has 1 saturated heterocycles. The lowest BCUT2D eigenvalue weighted by molar-refractivity contribution is -0.126. The van der Waals surface area contributed by atoms with Gasteiger partial charge >= 0.3 is 0 Å². The molecule has 0 radical (unpaired) electrons. The van der Waals surface area contributed by atoms with E-state index >= 15 is 0 Å². The molecule has 4 heteroatoms. The van der Waals surface area contributed by atoms with Crippen molar-refractivity contribution in [1.29, 1.82) is 0 Å². The first-order valence-electron chi connectivity index (χ1n) is 5.65. The molecular weight excluding hydrogens is 218 g/mol. The second-order valence-electron chi connectivity index (χ2n) is 4.53. The fraction of sp³-hybridized carbons (Fsp3) is 0.385. The third-order valence-corrected chi connectivity index (χ3v) is 3.60. The Bertz CT molecular complexity index is 466. The van der Waals surface area contributed by atoms with Gasteiger partial charge in [0.2, 0.25) is 11.8 Å². The molecule has 0 bridgehead atoms. The summed E-state index contributed by atoms with van der Waals surface area (Å²) in [5.74, 6) is -0.678. The zero-order valence-corrected chi connectivity index (χ0v) is 9.86. The highest BCUT2D eigenvalue weighted by atomic mass is 16.3. The first kappa shape index (κ1) is 11.6. The number of benzene rings is 1. The molecule has 1 aliphatic heterocycles. The van der Waals surface area contributed by atoms with E-state index < -0.39 is 5.41 Å². The molecule has 0 unspecified atom stereocenters. The second-order valence-corrected chi connectivity index (χ2v) is 4.53. The van der Waals surface area contributed by atoms with Crippen molar-refractivity contribution in [2.75, 3.05) is 0 Å². The van der Waals surface area contributed by atoms with Crippen molar-refractivity contribution in [1.82, 2.24) is 5.32 Å². The van der Waals surface area contributed by atoms with Gasteiger partial charge in [0.15, 0.2) is 0 Å². The van der Waals surface area contributed by atoms with Crippen LogP contribution in [-0.4, -0.2) is 16.9 Å². The summed E-state index contributed by atoms with van der Waals surface area (Å²) in [4.78, 5) is 23.7. The van der Waals surface area contributed by atoms with Crippen molar-refractivity contribution < 1.29 is 14.7 Å². The summed E-state index contributed by atoms with van der Waals surface area (Å²) in [5, 5.41) is 11.6. The van der Waals surface area contributed by atoms with Crippen molar-refractivity contribution in [3.63, 3.8) is 0 Å². The number of amides is 2. The van der Waals surface area contributed by atoms with Crippen LogP contribution in [0.3, 0.4) is 0 Å². The van der Waals surface area contributed by atoms with Gasteiger partial charge in [0, 0.05) is 0 Å². The van der Waals surface area contributed by atoms with E-state index in [4.69, 9.17) is 0 Å². The molecule has 0 aliphatic carbocycles. The van der Waals surface area contributed by atoms with E-state index in [0.29, 0.717) is 6.42 Å². The number of aromatic hydroxyl groups is 1. The molecule has 17 heavy (non-hydrogen) atoms. The van der Waals surface area contributed by atoms with E-state index in [1.807, 2.05) is 6.92 Å². The molecular formula is C13H15NO3. The maximum atomic E-state index is 12.0. The van der Waals surface area contributed by atoms with E-state index in [1.54, 1.807) is 19.1 Å². The second kappa shape index (κ2) is 3.87. The van der Waals surface area contributed by atoms with Crippen molar-refractivity contribution in [2.45, 2.75) is 25.7 Å². The molecule has 2 atom stereocenters. The molecule has 1 aromatic carbocycles. The summed E-state index contributed by atoms with van der Waals surface area (Å²) in [6.07, 6.45) is 0.606. The van der Waals surface area contributed by atoms with Gasteiger partial charge in [-0.15, -0.1) is 0 Å². The monoisotopic (exact) mass is 233 g/mol. The molecule has 2 N–H and O–H groups in total. The molecule has 4 nitrogen and oxygen atoms in total. The van der Waals surface area contributed by atoms with Gasteiger partial charge in [-0.1, -0.05) is 19.1 Å². The number of phenolic OH excluding ortho intramolecular Hbond substituents is 1. The molecule has 0 spiro atoms. The van der Waals surface area contributed by atoms with Crippen LogP contribution >= 0.6 is 0 Å². The van der Waals surface area contributed by atoms with Gasteiger partial charge in [-0.05, 0) is 31.0 Å². The molecule has 2 rings (SSSR count). The number of hydrogen-bond donors (Lipinski definition) is 2. The minimum absolute atomic E-state index is 0.148. The minimum atomic E-state index is -0.834. The van der Waals surface area contributed by atoms with E-state index in [9.17, 15) is 14.7 Å². The fourth-order valence-electron chi connectivity index (χ4n) is 2.48. The third-order valence-electron chi connectivity index (χ3n) is 3.60. The maximum absolute atomic E-state index is 12.0. The standard InChI is InChI=1S/C13H15NO3/c1-3-10-11(16)14-12(17)13(10,2)8-4-6-9(15)7-5-8/h4-7,10,15H,3H2,1-2H3,(H,14,16,17)/t10-,13+/m1/s1. The highest BCUT2D eigenvalue weighted by Crippen LogP contribution is 2.39. The minimum Gasteiger partial charge on any atom is -0.508 e. The Labute approximate surface area is 99.6 Å². The van der Waals surface area contributed by atoms with Crippen molar-refractivity contribution in [3.8, 4) is 5.75 Å².